The summed E-state index contributed by atoms with van der Waals surface area (Å²) in [4.78, 5) is 17.3. The molecule has 37 heavy (non-hydrogen) atoms. The molecular weight excluding hydrogens is 480 g/mol. The number of aromatic hydroxyl groups is 1. The van der Waals surface area contributed by atoms with E-state index in [2.05, 4.69) is 51.1 Å². The molecule has 0 aliphatic rings. The number of hydrogen-bond acceptors (Lipinski definition) is 5. The van der Waals surface area contributed by atoms with Gasteiger partial charge in [0.05, 0.1) is 0 Å². The fourth-order valence-electron chi connectivity index (χ4n) is 3.75. The van der Waals surface area contributed by atoms with Crippen molar-refractivity contribution in [1.82, 2.24) is 4.98 Å². The molecular formula is C30H40N2O4Si. The van der Waals surface area contributed by atoms with Crippen LogP contribution in [0, 0.1) is 0 Å². The number of phenols is 1. The Morgan fingerprint density at radius 3 is 2.03 bits per heavy atom. The number of carbonyl (C=O) groups excluding carboxylic acids is 1. The predicted molar refractivity (Wildman–Crippen MR) is 154 cm³/mol. The quantitative estimate of drug-likeness (QED) is 0.319. The third kappa shape index (κ3) is 6.92. The van der Waals surface area contributed by atoms with E-state index in [1.54, 1.807) is 18.3 Å². The average molecular weight is 521 g/mol. The van der Waals surface area contributed by atoms with Crippen molar-refractivity contribution in [3.63, 3.8) is 0 Å². The number of aromatic nitrogens is 1. The number of hydrogen-bond donors (Lipinski definition) is 2. The molecule has 1 heterocycles. The molecule has 0 aliphatic heterocycles. The summed E-state index contributed by atoms with van der Waals surface area (Å²) >= 11 is 0. The smallest absolute Gasteiger partial charge is 0.413 e. The predicted octanol–water partition coefficient (Wildman–Crippen LogP) is 8.41. The Kier molecular flexibility index (Phi) is 8.08. The molecule has 0 saturated carbocycles. The molecule has 2 N–H and O–H groups in total. The van der Waals surface area contributed by atoms with E-state index < -0.39 is 20.0 Å². The van der Waals surface area contributed by atoms with Gasteiger partial charge in [-0.05, 0) is 86.3 Å². The highest BCUT2D eigenvalue weighted by atomic mass is 28.4. The van der Waals surface area contributed by atoms with Crippen molar-refractivity contribution >= 4 is 20.2 Å². The molecule has 0 saturated heterocycles. The zero-order valence-corrected chi connectivity index (χ0v) is 24.5. The molecule has 0 bridgehead atoms. The summed E-state index contributed by atoms with van der Waals surface area (Å²) in [6.45, 7) is 18.7. The maximum Gasteiger partial charge on any atom is 0.413 e. The Morgan fingerprint density at radius 1 is 0.946 bits per heavy atom. The van der Waals surface area contributed by atoms with Crippen LogP contribution in [0.2, 0.25) is 18.1 Å². The summed E-state index contributed by atoms with van der Waals surface area (Å²) in [5, 5.41) is 12.7. The van der Waals surface area contributed by atoms with Crippen LogP contribution in [0.25, 0.3) is 22.3 Å². The molecule has 7 heteroatoms. The maximum atomic E-state index is 12.7. The SMILES string of the molecule is CCc1c(-c2ccc(O)cc2)cnc(NC(=O)OC(C)(C)C)c1-c1ccc(O[Si](C)(C)C(C)(C)C)cc1. The number of nitrogens with one attached hydrogen (secondary N) is 1. The Morgan fingerprint density at radius 2 is 1.51 bits per heavy atom. The van der Waals surface area contributed by atoms with Crippen molar-refractivity contribution in [2.45, 2.75) is 78.6 Å². The molecule has 0 unspecified atom stereocenters. The van der Waals surface area contributed by atoms with E-state index in [9.17, 15) is 9.90 Å². The van der Waals surface area contributed by atoms with Gasteiger partial charge in [0.2, 0.25) is 8.32 Å². The molecule has 2 aromatic carbocycles. The van der Waals surface area contributed by atoms with Gasteiger partial charge in [0.1, 0.15) is 22.9 Å². The Hall–Kier alpha value is -3.32. The lowest BCUT2D eigenvalue weighted by Gasteiger charge is -2.36. The first-order valence-corrected chi connectivity index (χ1v) is 15.6. The van der Waals surface area contributed by atoms with E-state index in [-0.39, 0.29) is 10.8 Å². The van der Waals surface area contributed by atoms with Crippen LogP contribution in [-0.2, 0) is 11.2 Å². The lowest BCUT2D eigenvalue weighted by Crippen LogP contribution is -2.43. The largest absolute Gasteiger partial charge is 0.544 e. The van der Waals surface area contributed by atoms with E-state index in [1.807, 2.05) is 57.2 Å². The van der Waals surface area contributed by atoms with Crippen molar-refractivity contribution in [2.75, 3.05) is 5.32 Å². The summed E-state index contributed by atoms with van der Waals surface area (Å²) in [6, 6.07) is 15.1. The van der Waals surface area contributed by atoms with E-state index >= 15 is 0 Å². The van der Waals surface area contributed by atoms with Crippen LogP contribution in [0.3, 0.4) is 0 Å². The number of ether oxygens (including phenoxy) is 1. The second kappa shape index (κ2) is 10.6. The van der Waals surface area contributed by atoms with E-state index in [4.69, 9.17) is 9.16 Å². The zero-order valence-electron chi connectivity index (χ0n) is 23.5. The zero-order chi connectivity index (χ0) is 27.6. The number of phenolic OH excluding ortho intramolecular Hbond substituents is 1. The average Bonchev–Trinajstić information content (AvgIpc) is 2.78. The Labute approximate surface area is 222 Å². The molecule has 1 amide bonds. The monoisotopic (exact) mass is 520 g/mol. The second-order valence-corrected chi connectivity index (χ2v) is 16.5. The summed E-state index contributed by atoms with van der Waals surface area (Å²) in [7, 11) is -1.98. The summed E-state index contributed by atoms with van der Waals surface area (Å²) in [5.74, 6) is 1.47. The highest BCUT2D eigenvalue weighted by molar-refractivity contribution is 6.74. The van der Waals surface area contributed by atoms with E-state index in [0.717, 1.165) is 33.6 Å². The van der Waals surface area contributed by atoms with Crippen LogP contribution in [0.1, 0.15) is 54.0 Å². The van der Waals surface area contributed by atoms with Gasteiger partial charge in [-0.2, -0.15) is 0 Å². The van der Waals surface area contributed by atoms with Crippen molar-refractivity contribution in [2.24, 2.45) is 0 Å². The van der Waals surface area contributed by atoms with Gasteiger partial charge in [-0.1, -0.05) is 52.0 Å². The fraction of sp³-hybridized carbons (Fsp3) is 0.400. The third-order valence-corrected chi connectivity index (χ3v) is 11.0. The number of anilines is 1. The molecule has 6 nitrogen and oxygen atoms in total. The molecule has 0 spiro atoms. The van der Waals surface area contributed by atoms with Gasteiger partial charge in [0.25, 0.3) is 0 Å². The first-order chi connectivity index (χ1) is 17.1. The fourth-order valence-corrected chi connectivity index (χ4v) is 4.78. The van der Waals surface area contributed by atoms with Gasteiger partial charge in [-0.3, -0.25) is 5.32 Å². The number of amides is 1. The van der Waals surface area contributed by atoms with Crippen LogP contribution in [0.4, 0.5) is 10.6 Å². The first-order valence-electron chi connectivity index (χ1n) is 12.7. The molecule has 0 fully saturated rings. The number of nitrogens with zero attached hydrogens (tertiary/aromatic N) is 1. The highest BCUT2D eigenvalue weighted by Gasteiger charge is 2.39. The molecule has 3 aromatic rings. The molecule has 1 aromatic heterocycles. The topological polar surface area (TPSA) is 80.7 Å². The summed E-state index contributed by atoms with van der Waals surface area (Å²) < 4.78 is 12.0. The van der Waals surface area contributed by atoms with Crippen molar-refractivity contribution in [3.05, 3.63) is 60.3 Å². The number of benzene rings is 2. The lowest BCUT2D eigenvalue weighted by molar-refractivity contribution is 0.0635. The molecule has 0 aliphatic carbocycles. The Bertz CT molecular complexity index is 1240. The van der Waals surface area contributed by atoms with Crippen molar-refractivity contribution in [3.8, 4) is 33.8 Å². The minimum Gasteiger partial charge on any atom is -0.544 e. The van der Waals surface area contributed by atoms with Crippen molar-refractivity contribution < 1.29 is 19.1 Å². The first kappa shape index (κ1) is 28.3. The number of rotatable bonds is 6. The third-order valence-electron chi connectivity index (χ3n) is 6.66. The lowest BCUT2D eigenvalue weighted by atomic mass is 9.92. The summed E-state index contributed by atoms with van der Waals surface area (Å²) in [6.07, 6.45) is 1.91. The molecule has 198 valence electrons. The van der Waals surface area contributed by atoms with Crippen LogP contribution < -0.4 is 9.74 Å². The van der Waals surface area contributed by atoms with E-state index in [1.165, 1.54) is 0 Å². The standard InChI is InChI=1S/C30H40N2O4Si/c1-10-24-25(20-11-15-22(33)16-12-20)19-31-27(32-28(34)35-29(2,3)4)26(24)21-13-17-23(18-14-21)36-37(8,9)30(5,6)7/h11-19,33H,10H2,1-9H3,(H,31,32,34). The van der Waals surface area contributed by atoms with Crippen LogP contribution in [0.15, 0.2) is 54.7 Å². The van der Waals surface area contributed by atoms with E-state index in [0.29, 0.717) is 12.2 Å². The van der Waals surface area contributed by atoms with Gasteiger partial charge in [0.15, 0.2) is 0 Å². The normalized spacial score (nSPS) is 12.2. The molecule has 0 atom stereocenters. The summed E-state index contributed by atoms with van der Waals surface area (Å²) in [5.41, 5.74) is 4.02. The minimum absolute atomic E-state index is 0.0912. The Balaban J connectivity index is 2.11. The van der Waals surface area contributed by atoms with Gasteiger partial charge in [0, 0.05) is 17.3 Å². The van der Waals surface area contributed by atoms with Gasteiger partial charge >= 0.3 is 6.09 Å². The van der Waals surface area contributed by atoms with Gasteiger partial charge < -0.3 is 14.3 Å². The molecule has 0 radical (unpaired) electrons. The van der Waals surface area contributed by atoms with Gasteiger partial charge in [-0.15, -0.1) is 0 Å². The minimum atomic E-state index is -1.98. The van der Waals surface area contributed by atoms with Crippen molar-refractivity contribution in [1.29, 1.82) is 0 Å². The van der Waals surface area contributed by atoms with Gasteiger partial charge in [-0.25, -0.2) is 9.78 Å². The second-order valence-electron chi connectivity index (χ2n) is 11.8. The van der Waals surface area contributed by atoms with Crippen LogP contribution in [-0.4, -0.2) is 30.1 Å². The van der Waals surface area contributed by atoms with Crippen LogP contribution in [0.5, 0.6) is 11.5 Å². The molecule has 3 rings (SSSR count). The van der Waals surface area contributed by atoms with Crippen LogP contribution >= 0.6 is 0 Å². The maximum absolute atomic E-state index is 12.7. The number of pyridine rings is 1. The highest BCUT2D eigenvalue weighted by Crippen LogP contribution is 2.40. The number of carbonyl (C=O) groups is 1.